The average Bonchev–Trinajstić information content (AvgIpc) is 3.32. The molecule has 1 heterocycles. The van der Waals surface area contributed by atoms with Crippen LogP contribution in [-0.2, 0) is 17.8 Å². The summed E-state index contributed by atoms with van der Waals surface area (Å²) in [4.78, 5) is 2.61. The van der Waals surface area contributed by atoms with Gasteiger partial charge in [-0.15, -0.1) is 0 Å². The van der Waals surface area contributed by atoms with E-state index in [0.29, 0.717) is 12.0 Å². The lowest BCUT2D eigenvalue weighted by molar-refractivity contribution is 0.0854. The second-order valence-corrected chi connectivity index (χ2v) is 7.62. The van der Waals surface area contributed by atoms with Gasteiger partial charge in [0, 0.05) is 19.1 Å². The molecule has 1 aliphatic heterocycles. The van der Waals surface area contributed by atoms with Gasteiger partial charge in [-0.25, -0.2) is 0 Å². The Morgan fingerprint density at radius 2 is 1.38 bits per heavy atom. The van der Waals surface area contributed by atoms with E-state index in [1.807, 2.05) is 0 Å². The summed E-state index contributed by atoms with van der Waals surface area (Å²) >= 11 is 0. The van der Waals surface area contributed by atoms with Crippen LogP contribution in [0, 0.1) is 5.92 Å². The molecule has 3 rings (SSSR count). The first-order valence-corrected chi connectivity index (χ1v) is 9.03. The zero-order chi connectivity index (χ0) is 17.0. The van der Waals surface area contributed by atoms with Crippen LogP contribution in [0.2, 0.25) is 0 Å². The minimum Gasteiger partial charge on any atom is -0.368 e. The van der Waals surface area contributed by atoms with Crippen molar-refractivity contribution in [2.45, 2.75) is 51.9 Å². The van der Waals surface area contributed by atoms with Gasteiger partial charge in [0.25, 0.3) is 0 Å². The molecule has 2 heteroatoms. The van der Waals surface area contributed by atoms with E-state index < -0.39 is 0 Å². The van der Waals surface area contributed by atoms with E-state index in [1.165, 1.54) is 11.1 Å². The monoisotopic (exact) mass is 323 g/mol. The molecule has 2 nitrogen and oxygen atoms in total. The van der Waals surface area contributed by atoms with Crippen LogP contribution in [0.4, 0.5) is 0 Å². The van der Waals surface area contributed by atoms with Gasteiger partial charge in [0.05, 0.1) is 6.61 Å². The van der Waals surface area contributed by atoms with Crippen molar-refractivity contribution < 1.29 is 4.74 Å². The van der Waals surface area contributed by atoms with E-state index in [2.05, 4.69) is 86.3 Å². The van der Waals surface area contributed by atoms with Crippen molar-refractivity contribution in [3.63, 3.8) is 0 Å². The highest BCUT2D eigenvalue weighted by molar-refractivity contribution is 5.18. The van der Waals surface area contributed by atoms with E-state index in [0.717, 1.165) is 26.1 Å². The van der Waals surface area contributed by atoms with Gasteiger partial charge in [0.1, 0.15) is 5.60 Å². The molecule has 2 aromatic rings. The molecule has 0 radical (unpaired) electrons. The lowest BCUT2D eigenvalue weighted by Crippen LogP contribution is -2.44. The number of rotatable bonds is 8. The van der Waals surface area contributed by atoms with Crippen molar-refractivity contribution in [2.24, 2.45) is 5.92 Å². The maximum atomic E-state index is 5.87. The topological polar surface area (TPSA) is 15.8 Å². The smallest absolute Gasteiger partial charge is 0.104 e. The first-order chi connectivity index (χ1) is 11.6. The Morgan fingerprint density at radius 3 is 1.75 bits per heavy atom. The van der Waals surface area contributed by atoms with E-state index >= 15 is 0 Å². The highest BCUT2D eigenvalue weighted by atomic mass is 16.6. The summed E-state index contributed by atoms with van der Waals surface area (Å²) in [6, 6.07) is 22.0. The Kier molecular flexibility index (Phi) is 5.37. The predicted molar refractivity (Wildman–Crippen MR) is 99.7 cm³/mol. The normalized spacial score (nSPS) is 21.2. The summed E-state index contributed by atoms with van der Waals surface area (Å²) in [6.07, 6.45) is 1.16. The van der Waals surface area contributed by atoms with Gasteiger partial charge in [-0.1, -0.05) is 74.5 Å². The summed E-state index contributed by atoms with van der Waals surface area (Å²) in [5, 5.41) is 0. The second-order valence-electron chi connectivity index (χ2n) is 7.62. The molecule has 1 fully saturated rings. The molecule has 0 bridgehead atoms. The Balaban J connectivity index is 1.84. The summed E-state index contributed by atoms with van der Waals surface area (Å²) in [7, 11) is 0. The summed E-state index contributed by atoms with van der Waals surface area (Å²) in [5.41, 5.74) is 2.74. The first kappa shape index (κ1) is 17.2. The lowest BCUT2D eigenvalue weighted by Gasteiger charge is -2.36. The Labute approximate surface area is 146 Å². The quantitative estimate of drug-likeness (QED) is 0.643. The molecule has 0 spiro atoms. The molecule has 0 N–H and O–H groups in total. The SMILES string of the molecule is CC(C)C[C@H](N(Cc1ccccc1)Cc1ccccc1)[C@]1(C)CO1. The van der Waals surface area contributed by atoms with Gasteiger partial charge in [-0.3, -0.25) is 4.90 Å². The van der Waals surface area contributed by atoms with Gasteiger partial charge >= 0.3 is 0 Å². The number of hydrogen-bond donors (Lipinski definition) is 0. The van der Waals surface area contributed by atoms with Crippen LogP contribution in [0.3, 0.4) is 0 Å². The third-order valence-electron chi connectivity index (χ3n) is 4.90. The van der Waals surface area contributed by atoms with Crippen LogP contribution < -0.4 is 0 Å². The molecule has 0 unspecified atom stereocenters. The van der Waals surface area contributed by atoms with Gasteiger partial charge in [-0.2, -0.15) is 0 Å². The van der Waals surface area contributed by atoms with E-state index in [9.17, 15) is 0 Å². The molecule has 0 aliphatic carbocycles. The fourth-order valence-corrected chi connectivity index (χ4v) is 3.45. The molecule has 0 saturated carbocycles. The molecule has 2 atom stereocenters. The molecule has 128 valence electrons. The van der Waals surface area contributed by atoms with Crippen molar-refractivity contribution in [3.05, 3.63) is 71.8 Å². The minimum absolute atomic E-state index is 0.00777. The molecule has 2 aromatic carbocycles. The largest absolute Gasteiger partial charge is 0.368 e. The molecule has 1 aliphatic rings. The standard InChI is InChI=1S/C22H29NO/c1-18(2)14-21(22(3)17-24-22)23(15-19-10-6-4-7-11-19)16-20-12-8-5-9-13-20/h4-13,18,21H,14-17H2,1-3H3/t21-,22-/m0/s1. The molecule has 24 heavy (non-hydrogen) atoms. The maximum absolute atomic E-state index is 5.87. The minimum atomic E-state index is 0.00777. The van der Waals surface area contributed by atoms with Gasteiger partial charge in [0.2, 0.25) is 0 Å². The average molecular weight is 323 g/mol. The van der Waals surface area contributed by atoms with E-state index in [-0.39, 0.29) is 5.60 Å². The highest BCUT2D eigenvalue weighted by Gasteiger charge is 2.49. The van der Waals surface area contributed by atoms with E-state index in [1.54, 1.807) is 0 Å². The number of epoxide rings is 1. The zero-order valence-corrected chi connectivity index (χ0v) is 15.1. The van der Waals surface area contributed by atoms with Gasteiger partial charge in [0.15, 0.2) is 0 Å². The molecular weight excluding hydrogens is 294 g/mol. The van der Waals surface area contributed by atoms with Crippen LogP contribution in [0.15, 0.2) is 60.7 Å². The van der Waals surface area contributed by atoms with Crippen molar-refractivity contribution >= 4 is 0 Å². The van der Waals surface area contributed by atoms with Crippen molar-refractivity contribution in [1.82, 2.24) is 4.90 Å². The summed E-state index contributed by atoms with van der Waals surface area (Å²) < 4.78 is 5.87. The van der Waals surface area contributed by atoms with Crippen molar-refractivity contribution in [2.75, 3.05) is 6.61 Å². The van der Waals surface area contributed by atoms with E-state index in [4.69, 9.17) is 4.74 Å². The van der Waals surface area contributed by atoms with Crippen LogP contribution in [0.25, 0.3) is 0 Å². The van der Waals surface area contributed by atoms with Crippen molar-refractivity contribution in [3.8, 4) is 0 Å². The van der Waals surface area contributed by atoms with Crippen LogP contribution in [0.1, 0.15) is 38.3 Å². The second kappa shape index (κ2) is 7.50. The third kappa shape index (κ3) is 4.46. The van der Waals surface area contributed by atoms with Crippen LogP contribution in [0.5, 0.6) is 0 Å². The Bertz CT molecular complexity index is 577. The number of hydrogen-bond acceptors (Lipinski definition) is 2. The Hall–Kier alpha value is -1.64. The molecule has 0 aromatic heterocycles. The predicted octanol–water partition coefficient (Wildman–Crippen LogP) is 4.89. The third-order valence-corrected chi connectivity index (χ3v) is 4.90. The zero-order valence-electron chi connectivity index (χ0n) is 15.1. The first-order valence-electron chi connectivity index (χ1n) is 9.03. The fraction of sp³-hybridized carbons (Fsp3) is 0.455. The van der Waals surface area contributed by atoms with Crippen molar-refractivity contribution in [1.29, 1.82) is 0 Å². The number of ether oxygens (including phenoxy) is 1. The maximum Gasteiger partial charge on any atom is 0.104 e. The molecule has 0 amide bonds. The molecular formula is C22H29NO. The van der Waals surface area contributed by atoms with Crippen LogP contribution in [-0.4, -0.2) is 23.1 Å². The Morgan fingerprint density at radius 1 is 0.917 bits per heavy atom. The fourth-order valence-electron chi connectivity index (χ4n) is 3.45. The van der Waals surface area contributed by atoms with Crippen LogP contribution >= 0.6 is 0 Å². The highest BCUT2D eigenvalue weighted by Crippen LogP contribution is 2.37. The summed E-state index contributed by atoms with van der Waals surface area (Å²) in [5.74, 6) is 0.657. The van der Waals surface area contributed by atoms with Gasteiger partial charge in [-0.05, 0) is 30.4 Å². The number of nitrogens with zero attached hydrogens (tertiary/aromatic N) is 1. The summed E-state index contributed by atoms with van der Waals surface area (Å²) in [6.45, 7) is 9.69. The lowest BCUT2D eigenvalue weighted by atomic mass is 9.91. The number of benzene rings is 2. The van der Waals surface area contributed by atoms with Gasteiger partial charge < -0.3 is 4.74 Å². The molecule has 1 saturated heterocycles.